The van der Waals surface area contributed by atoms with E-state index in [1.54, 1.807) is 5.57 Å². The number of rotatable bonds is 0. The zero-order chi connectivity index (χ0) is 8.39. The Bertz CT molecular complexity index is 234. The van der Waals surface area contributed by atoms with Gasteiger partial charge >= 0.3 is 0 Å². The lowest BCUT2D eigenvalue weighted by Gasteiger charge is -2.24. The van der Waals surface area contributed by atoms with Gasteiger partial charge in [0, 0.05) is 13.1 Å². The molecule has 0 N–H and O–H groups in total. The van der Waals surface area contributed by atoms with Crippen LogP contribution in [0.4, 0.5) is 0 Å². The van der Waals surface area contributed by atoms with Crippen molar-refractivity contribution in [3.8, 4) is 0 Å². The van der Waals surface area contributed by atoms with Crippen LogP contribution in [0.2, 0.25) is 0 Å². The van der Waals surface area contributed by atoms with Gasteiger partial charge in [-0.05, 0) is 25.5 Å². The van der Waals surface area contributed by atoms with Crippen LogP contribution in [0.1, 0.15) is 12.8 Å². The summed E-state index contributed by atoms with van der Waals surface area (Å²) < 4.78 is 0. The molecule has 0 aromatic rings. The molecule has 12 heavy (non-hydrogen) atoms. The van der Waals surface area contributed by atoms with Crippen LogP contribution in [0.15, 0.2) is 35.5 Å². The summed E-state index contributed by atoms with van der Waals surface area (Å²) in [7, 11) is 2.20. The van der Waals surface area contributed by atoms with E-state index in [1.165, 1.54) is 31.5 Å². The molecule has 0 aromatic carbocycles. The van der Waals surface area contributed by atoms with Gasteiger partial charge in [0.2, 0.25) is 0 Å². The second-order valence-electron chi connectivity index (χ2n) is 3.58. The van der Waals surface area contributed by atoms with Crippen LogP contribution in [-0.4, -0.2) is 25.0 Å². The quantitative estimate of drug-likeness (QED) is 0.526. The van der Waals surface area contributed by atoms with Crippen molar-refractivity contribution in [1.82, 2.24) is 4.90 Å². The lowest BCUT2D eigenvalue weighted by Crippen LogP contribution is -2.26. The smallest absolute Gasteiger partial charge is 0.00160 e. The first-order valence-electron chi connectivity index (χ1n) is 4.61. The van der Waals surface area contributed by atoms with Gasteiger partial charge < -0.3 is 4.90 Å². The molecule has 1 fully saturated rings. The Balaban J connectivity index is 2.10. The Kier molecular flexibility index (Phi) is 2.13. The molecule has 64 valence electrons. The zero-order valence-electron chi connectivity index (χ0n) is 7.59. The number of hydrogen-bond acceptors (Lipinski definition) is 1. The topological polar surface area (TPSA) is 3.24 Å². The normalized spacial score (nSPS) is 24.1. The van der Waals surface area contributed by atoms with E-state index in [9.17, 15) is 0 Å². The summed E-state index contributed by atoms with van der Waals surface area (Å²) in [4.78, 5) is 2.40. The Hall–Kier alpha value is -0.820. The second-order valence-corrected chi connectivity index (χ2v) is 3.58. The van der Waals surface area contributed by atoms with E-state index < -0.39 is 0 Å². The van der Waals surface area contributed by atoms with E-state index in [4.69, 9.17) is 0 Å². The first-order valence-corrected chi connectivity index (χ1v) is 4.61. The zero-order valence-corrected chi connectivity index (χ0v) is 7.59. The molecule has 1 saturated heterocycles. The molecular formula is C11H15N. The largest absolute Gasteiger partial charge is 0.306 e. The number of likely N-dealkylation sites (tertiary alicyclic amines) is 1. The summed E-state index contributed by atoms with van der Waals surface area (Å²) in [5.41, 5.74) is 3.10. The van der Waals surface area contributed by atoms with Gasteiger partial charge in [-0.2, -0.15) is 0 Å². The minimum absolute atomic E-state index is 1.22. The van der Waals surface area contributed by atoms with Crippen molar-refractivity contribution in [3.05, 3.63) is 35.5 Å². The highest BCUT2D eigenvalue weighted by molar-refractivity contribution is 5.43. The fourth-order valence-corrected chi connectivity index (χ4v) is 1.79. The minimum Gasteiger partial charge on any atom is -0.306 e. The van der Waals surface area contributed by atoms with Crippen LogP contribution in [0, 0.1) is 0 Å². The average Bonchev–Trinajstić information content (AvgIpc) is 2.58. The highest BCUT2D eigenvalue weighted by Gasteiger charge is 2.12. The number of nitrogens with zero attached hydrogens (tertiary/aromatic N) is 1. The van der Waals surface area contributed by atoms with Crippen LogP contribution in [-0.2, 0) is 0 Å². The molecule has 0 unspecified atom stereocenters. The first kappa shape index (κ1) is 7.81. The molecule has 0 amide bonds. The summed E-state index contributed by atoms with van der Waals surface area (Å²) in [6.07, 6.45) is 11.2. The molecule has 0 aromatic heterocycles. The summed E-state index contributed by atoms with van der Waals surface area (Å²) in [5, 5.41) is 0. The highest BCUT2D eigenvalue weighted by atomic mass is 15.1. The highest BCUT2D eigenvalue weighted by Crippen LogP contribution is 2.22. The van der Waals surface area contributed by atoms with E-state index >= 15 is 0 Å². The third-order valence-corrected chi connectivity index (χ3v) is 2.66. The van der Waals surface area contributed by atoms with E-state index in [1.807, 2.05) is 0 Å². The predicted octanol–water partition coefficient (Wildman–Crippen LogP) is 2.13. The lowest BCUT2D eigenvalue weighted by molar-refractivity contribution is 0.312. The Morgan fingerprint density at radius 3 is 2.25 bits per heavy atom. The van der Waals surface area contributed by atoms with E-state index in [-0.39, 0.29) is 0 Å². The molecule has 0 radical (unpaired) electrons. The molecule has 0 saturated carbocycles. The summed E-state index contributed by atoms with van der Waals surface area (Å²) >= 11 is 0. The van der Waals surface area contributed by atoms with Crippen LogP contribution in [0.25, 0.3) is 0 Å². The molecule has 1 heterocycles. The van der Waals surface area contributed by atoms with E-state index in [2.05, 4.69) is 36.3 Å². The van der Waals surface area contributed by atoms with Crippen LogP contribution in [0.5, 0.6) is 0 Å². The van der Waals surface area contributed by atoms with Crippen molar-refractivity contribution in [3.63, 3.8) is 0 Å². The van der Waals surface area contributed by atoms with Gasteiger partial charge in [0.25, 0.3) is 0 Å². The molecule has 0 bridgehead atoms. The fraction of sp³-hybridized carbons (Fsp3) is 0.455. The van der Waals surface area contributed by atoms with Crippen molar-refractivity contribution in [2.24, 2.45) is 0 Å². The maximum absolute atomic E-state index is 2.40. The molecule has 2 rings (SSSR count). The molecule has 0 atom stereocenters. The van der Waals surface area contributed by atoms with E-state index in [0.717, 1.165) is 0 Å². The first-order chi connectivity index (χ1) is 5.86. The van der Waals surface area contributed by atoms with Crippen molar-refractivity contribution in [1.29, 1.82) is 0 Å². The molecule has 1 heteroatoms. The van der Waals surface area contributed by atoms with E-state index in [0.29, 0.717) is 0 Å². The number of hydrogen-bond donors (Lipinski definition) is 0. The maximum Gasteiger partial charge on any atom is 0.00160 e. The van der Waals surface area contributed by atoms with Gasteiger partial charge in [0.1, 0.15) is 0 Å². The fourth-order valence-electron chi connectivity index (χ4n) is 1.79. The molecule has 2 aliphatic rings. The number of piperidine rings is 1. The summed E-state index contributed by atoms with van der Waals surface area (Å²) in [6.45, 7) is 2.45. The third kappa shape index (κ3) is 1.51. The Morgan fingerprint density at radius 2 is 1.67 bits per heavy atom. The molecular weight excluding hydrogens is 146 g/mol. The third-order valence-electron chi connectivity index (χ3n) is 2.66. The van der Waals surface area contributed by atoms with Crippen LogP contribution in [0.3, 0.4) is 0 Å². The SMILES string of the molecule is CN1CCC(=C2C=CC=C2)CC1. The molecule has 0 spiro atoms. The van der Waals surface area contributed by atoms with Gasteiger partial charge in [-0.15, -0.1) is 0 Å². The van der Waals surface area contributed by atoms with Crippen LogP contribution >= 0.6 is 0 Å². The van der Waals surface area contributed by atoms with Crippen molar-refractivity contribution in [2.45, 2.75) is 12.8 Å². The van der Waals surface area contributed by atoms with Crippen molar-refractivity contribution in [2.75, 3.05) is 20.1 Å². The second kappa shape index (κ2) is 3.28. The lowest BCUT2D eigenvalue weighted by atomic mass is 9.99. The Labute approximate surface area is 74.1 Å². The van der Waals surface area contributed by atoms with Crippen molar-refractivity contribution < 1.29 is 0 Å². The van der Waals surface area contributed by atoms with Gasteiger partial charge in [-0.25, -0.2) is 0 Å². The van der Waals surface area contributed by atoms with Gasteiger partial charge in [-0.1, -0.05) is 29.9 Å². The van der Waals surface area contributed by atoms with Crippen molar-refractivity contribution >= 4 is 0 Å². The molecule has 1 aliphatic heterocycles. The summed E-state index contributed by atoms with van der Waals surface area (Å²) in [5.74, 6) is 0. The molecule has 1 nitrogen and oxygen atoms in total. The number of allylic oxidation sites excluding steroid dienone is 5. The minimum atomic E-state index is 1.22. The van der Waals surface area contributed by atoms with Gasteiger partial charge in [-0.3, -0.25) is 0 Å². The maximum atomic E-state index is 2.40. The Morgan fingerprint density at radius 1 is 1.08 bits per heavy atom. The van der Waals surface area contributed by atoms with Gasteiger partial charge in [0.15, 0.2) is 0 Å². The van der Waals surface area contributed by atoms with Gasteiger partial charge in [0.05, 0.1) is 0 Å². The molecule has 1 aliphatic carbocycles. The predicted molar refractivity (Wildman–Crippen MR) is 52.0 cm³/mol. The summed E-state index contributed by atoms with van der Waals surface area (Å²) in [6, 6.07) is 0. The monoisotopic (exact) mass is 161 g/mol. The average molecular weight is 161 g/mol. The standard InChI is InChI=1S/C11H15N/c1-12-8-6-11(7-9-12)10-4-2-3-5-10/h2-5H,6-9H2,1H3. The van der Waals surface area contributed by atoms with Crippen LogP contribution < -0.4 is 0 Å².